The summed E-state index contributed by atoms with van der Waals surface area (Å²) in [6.45, 7) is 6.88. The van der Waals surface area contributed by atoms with Gasteiger partial charge in [0.2, 0.25) is 11.9 Å². The highest BCUT2D eigenvalue weighted by Gasteiger charge is 2.27. The van der Waals surface area contributed by atoms with Crippen molar-refractivity contribution in [1.29, 1.82) is 0 Å². The molecule has 1 aromatic carbocycles. The molecular weight excluding hydrogens is 584 g/mol. The Hall–Kier alpha value is -5.14. The molecule has 4 aromatic heterocycles. The zero-order valence-corrected chi connectivity index (χ0v) is 26.1. The number of hydrogen-bond acceptors (Lipinski definition) is 10. The van der Waals surface area contributed by atoms with Gasteiger partial charge >= 0.3 is 6.01 Å². The fourth-order valence-electron chi connectivity index (χ4n) is 5.88. The van der Waals surface area contributed by atoms with Crippen LogP contribution in [-0.4, -0.2) is 84.5 Å². The van der Waals surface area contributed by atoms with E-state index >= 15 is 0 Å². The van der Waals surface area contributed by atoms with Gasteiger partial charge in [-0.1, -0.05) is 18.2 Å². The minimum Gasteiger partial charge on any atom is -0.459 e. The normalized spacial score (nSPS) is 16.8. The number of aromatic amines is 1. The van der Waals surface area contributed by atoms with Gasteiger partial charge in [-0.15, -0.1) is 0 Å². The maximum atomic E-state index is 13.2. The van der Waals surface area contributed by atoms with E-state index in [9.17, 15) is 4.79 Å². The maximum Gasteiger partial charge on any atom is 0.317 e. The number of nitrogens with zero attached hydrogens (tertiary/aromatic N) is 7. The van der Waals surface area contributed by atoms with Crippen LogP contribution in [0.15, 0.2) is 55.0 Å². The molecule has 1 atom stereocenters. The van der Waals surface area contributed by atoms with Gasteiger partial charge in [-0.2, -0.15) is 10.1 Å². The maximum absolute atomic E-state index is 13.2. The lowest BCUT2D eigenvalue weighted by molar-refractivity contribution is -0.117. The van der Waals surface area contributed by atoms with Gasteiger partial charge in [0.15, 0.2) is 5.82 Å². The van der Waals surface area contributed by atoms with Crippen LogP contribution in [0.1, 0.15) is 29.8 Å². The summed E-state index contributed by atoms with van der Waals surface area (Å²) in [4.78, 5) is 36.8. The van der Waals surface area contributed by atoms with Gasteiger partial charge in [-0.3, -0.25) is 14.4 Å². The van der Waals surface area contributed by atoms with Gasteiger partial charge in [0, 0.05) is 61.4 Å². The first-order chi connectivity index (χ1) is 22.4. The lowest BCUT2D eigenvalue weighted by Crippen LogP contribution is -2.33. The summed E-state index contributed by atoms with van der Waals surface area (Å²) in [6, 6.07) is 10.1. The molecule has 3 N–H and O–H groups in total. The van der Waals surface area contributed by atoms with E-state index in [1.165, 1.54) is 0 Å². The summed E-state index contributed by atoms with van der Waals surface area (Å²) in [6.07, 6.45) is 9.03. The number of fused-ring (bicyclic) bond motifs is 1. The van der Waals surface area contributed by atoms with E-state index in [-0.39, 0.29) is 18.6 Å². The van der Waals surface area contributed by atoms with E-state index in [4.69, 9.17) is 14.5 Å². The van der Waals surface area contributed by atoms with E-state index < -0.39 is 0 Å². The van der Waals surface area contributed by atoms with Crippen molar-refractivity contribution in [2.45, 2.75) is 32.8 Å². The van der Waals surface area contributed by atoms with Crippen LogP contribution in [0, 0.1) is 13.8 Å². The molecule has 13 nitrogen and oxygen atoms in total. The van der Waals surface area contributed by atoms with Gasteiger partial charge in [-0.05, 0) is 50.0 Å². The average Bonchev–Trinajstić information content (AvgIpc) is 3.77. The molecule has 2 aliphatic rings. The number of hydrogen-bond donors (Lipinski definition) is 3. The number of likely N-dealkylation sites (tertiary alicyclic amines) is 1. The number of aromatic nitrogens is 7. The zero-order valence-electron chi connectivity index (χ0n) is 26.1. The number of amides is 1. The number of carbonyl (C=O) groups is 1. The molecule has 5 aromatic rings. The molecule has 0 radical (unpaired) electrons. The topological polar surface area (TPSA) is 148 Å². The van der Waals surface area contributed by atoms with E-state index in [2.05, 4.69) is 46.6 Å². The van der Waals surface area contributed by atoms with Gasteiger partial charge in [-0.25, -0.2) is 15.0 Å². The van der Waals surface area contributed by atoms with Crippen LogP contribution in [0.3, 0.4) is 0 Å². The van der Waals surface area contributed by atoms with Crippen molar-refractivity contribution in [2.24, 2.45) is 7.05 Å². The monoisotopic (exact) mass is 620 g/mol. The summed E-state index contributed by atoms with van der Waals surface area (Å²) in [5.74, 6) is 1.05. The van der Waals surface area contributed by atoms with Crippen LogP contribution in [0.2, 0.25) is 0 Å². The molecule has 0 saturated carbocycles. The molecule has 1 amide bonds. The first kappa shape index (κ1) is 29.6. The molecule has 6 heterocycles. The summed E-state index contributed by atoms with van der Waals surface area (Å²) in [5, 5.41) is 11.7. The number of nitrogens with one attached hydrogen (secondary N) is 3. The smallest absolute Gasteiger partial charge is 0.317 e. The summed E-state index contributed by atoms with van der Waals surface area (Å²) < 4.78 is 13.3. The van der Waals surface area contributed by atoms with E-state index in [0.717, 1.165) is 64.1 Å². The van der Waals surface area contributed by atoms with E-state index in [0.29, 0.717) is 43.2 Å². The first-order valence-corrected chi connectivity index (χ1v) is 15.4. The molecule has 1 fully saturated rings. The Morgan fingerprint density at radius 2 is 2.11 bits per heavy atom. The third-order valence-electron chi connectivity index (χ3n) is 8.36. The Balaban J connectivity index is 0.997. The number of ether oxygens (including phenoxy) is 2. The van der Waals surface area contributed by atoms with Crippen molar-refractivity contribution < 1.29 is 14.3 Å². The van der Waals surface area contributed by atoms with Crippen molar-refractivity contribution in [3.63, 3.8) is 0 Å². The van der Waals surface area contributed by atoms with Gasteiger partial charge < -0.3 is 25.1 Å². The minimum atomic E-state index is -0.0932. The third kappa shape index (κ3) is 6.32. The molecule has 2 aliphatic heterocycles. The fraction of sp³-hybridized carbons (Fsp3) is 0.333. The van der Waals surface area contributed by atoms with E-state index in [1.807, 2.05) is 57.4 Å². The standard InChI is InChI=1S/C33H36N10O3/c1-20-16-36-32(39-28-15-21(2)42(3)41-28)40-30(20)25-17-35-31-24(25)5-4-6-27(31)37-29(44)19-43-12-8-23(18-43)46-33-34-11-7-26(38-33)22-9-13-45-14-10-22/h4-7,9,11,15-17,23,35H,8,10,12-14,18-19H2,1-3H3,(H,37,44)(H,36,39,40,41). The highest BCUT2D eigenvalue weighted by molar-refractivity contribution is 6.06. The van der Waals surface area contributed by atoms with Crippen molar-refractivity contribution in [1.82, 2.24) is 39.6 Å². The van der Waals surface area contributed by atoms with Gasteiger partial charge in [0.25, 0.3) is 0 Å². The van der Waals surface area contributed by atoms with Crippen molar-refractivity contribution in [3.8, 4) is 17.3 Å². The Kier molecular flexibility index (Phi) is 8.16. The number of para-hydroxylation sites is 1. The SMILES string of the molecule is Cc1cnc(Nc2cc(C)n(C)n2)nc1-c1c[nH]c2c(NC(=O)CN3CCC(Oc4nccc(C5=CCOCC5)n4)C3)cccc12. The first-order valence-electron chi connectivity index (χ1n) is 15.4. The molecule has 0 bridgehead atoms. The molecule has 236 valence electrons. The van der Waals surface area contributed by atoms with Crippen LogP contribution >= 0.6 is 0 Å². The fourth-order valence-corrected chi connectivity index (χ4v) is 5.88. The summed E-state index contributed by atoms with van der Waals surface area (Å²) in [5.41, 5.74) is 7.24. The molecule has 13 heteroatoms. The highest BCUT2D eigenvalue weighted by Crippen LogP contribution is 2.33. The number of anilines is 3. The molecule has 1 saturated heterocycles. The van der Waals surface area contributed by atoms with Crippen LogP contribution in [0.25, 0.3) is 27.7 Å². The van der Waals surface area contributed by atoms with Crippen molar-refractivity contribution in [3.05, 3.63) is 71.9 Å². The lowest BCUT2D eigenvalue weighted by atomic mass is 10.1. The molecule has 46 heavy (non-hydrogen) atoms. The number of aryl methyl sites for hydroxylation is 3. The lowest BCUT2D eigenvalue weighted by Gasteiger charge is -2.17. The molecule has 1 unspecified atom stereocenters. The zero-order chi connectivity index (χ0) is 31.6. The molecule has 0 aliphatic carbocycles. The second-order valence-electron chi connectivity index (χ2n) is 11.7. The third-order valence-corrected chi connectivity index (χ3v) is 8.36. The largest absolute Gasteiger partial charge is 0.459 e. The number of benzene rings is 1. The Bertz CT molecular complexity index is 1910. The molecule has 7 rings (SSSR count). The van der Waals surface area contributed by atoms with Gasteiger partial charge in [0.1, 0.15) is 6.10 Å². The number of rotatable bonds is 9. The second-order valence-corrected chi connectivity index (χ2v) is 11.7. The number of H-pyrrole nitrogens is 1. The predicted octanol–water partition coefficient (Wildman–Crippen LogP) is 4.40. The molecule has 0 spiro atoms. The van der Waals surface area contributed by atoms with E-state index in [1.54, 1.807) is 17.1 Å². The Morgan fingerprint density at radius 1 is 1.20 bits per heavy atom. The van der Waals surface area contributed by atoms with Crippen LogP contribution in [-0.2, 0) is 16.6 Å². The predicted molar refractivity (Wildman–Crippen MR) is 175 cm³/mol. The Labute approximate surface area is 266 Å². The summed E-state index contributed by atoms with van der Waals surface area (Å²) in [7, 11) is 1.89. The van der Waals surface area contributed by atoms with Crippen molar-refractivity contribution in [2.75, 3.05) is 43.5 Å². The quantitative estimate of drug-likeness (QED) is 0.217. The van der Waals surface area contributed by atoms with Crippen LogP contribution in [0.4, 0.5) is 17.5 Å². The average molecular weight is 621 g/mol. The second kappa shape index (κ2) is 12.7. The minimum absolute atomic E-state index is 0.0849. The van der Waals surface area contributed by atoms with Crippen LogP contribution in [0.5, 0.6) is 6.01 Å². The molecular formula is C33H36N10O3. The Morgan fingerprint density at radius 3 is 2.93 bits per heavy atom. The van der Waals surface area contributed by atoms with Crippen molar-refractivity contribution >= 4 is 39.8 Å². The van der Waals surface area contributed by atoms with Gasteiger partial charge in [0.05, 0.1) is 42.4 Å². The number of carbonyl (C=O) groups excluding carboxylic acids is 1. The summed E-state index contributed by atoms with van der Waals surface area (Å²) >= 11 is 0. The van der Waals surface area contributed by atoms with Crippen LogP contribution < -0.4 is 15.4 Å². The highest BCUT2D eigenvalue weighted by atomic mass is 16.5.